The summed E-state index contributed by atoms with van der Waals surface area (Å²) < 4.78 is 38.8. The Kier molecular flexibility index (Phi) is 9.16. The second kappa shape index (κ2) is 12.6. The average Bonchev–Trinajstić information content (AvgIpc) is 3.35. The van der Waals surface area contributed by atoms with Crippen LogP contribution < -0.4 is 10.1 Å². The molecule has 0 bridgehead atoms. The van der Waals surface area contributed by atoms with Crippen LogP contribution in [0.5, 0.6) is 17.4 Å². The summed E-state index contributed by atoms with van der Waals surface area (Å²) >= 11 is 0. The number of carbonyl (C=O) groups is 1. The number of aromatic nitrogens is 1. The lowest BCUT2D eigenvalue weighted by atomic mass is 10.00. The normalized spacial score (nSPS) is 13.4. The Labute approximate surface area is 238 Å². The van der Waals surface area contributed by atoms with Gasteiger partial charge in [0.25, 0.3) is 5.91 Å². The fraction of sp³-hybridized carbons (Fsp3) is 0.310. The highest BCUT2D eigenvalue weighted by atomic mass is 32.2. The summed E-state index contributed by atoms with van der Waals surface area (Å²) in [4.78, 5) is 17.3. The number of phenolic OH excluding ortho intramolecular Hbond substituents is 2. The van der Waals surface area contributed by atoms with Crippen molar-refractivity contribution in [2.75, 3.05) is 20.2 Å². The lowest BCUT2D eigenvalue weighted by Crippen LogP contribution is -2.51. The Balaban J connectivity index is 1.63. The van der Waals surface area contributed by atoms with Crippen LogP contribution in [0.4, 0.5) is 0 Å². The van der Waals surface area contributed by atoms with Crippen molar-refractivity contribution in [1.82, 2.24) is 14.6 Å². The Morgan fingerprint density at radius 1 is 1.07 bits per heavy atom. The first-order chi connectivity index (χ1) is 19.5. The lowest BCUT2D eigenvalue weighted by molar-refractivity contribution is 0.0776. The zero-order valence-corrected chi connectivity index (χ0v) is 23.7. The van der Waals surface area contributed by atoms with Crippen molar-refractivity contribution in [3.63, 3.8) is 0 Å². The molecule has 11 nitrogen and oxygen atoms in total. The summed E-state index contributed by atoms with van der Waals surface area (Å²) in [6.45, 7) is 3.54. The number of nitrogens with zero attached hydrogens (tertiary/aromatic N) is 2. The molecule has 0 aliphatic rings. The predicted octanol–water partition coefficient (Wildman–Crippen LogP) is 3.30. The van der Waals surface area contributed by atoms with Crippen molar-refractivity contribution >= 4 is 26.9 Å². The van der Waals surface area contributed by atoms with Crippen LogP contribution >= 0.6 is 0 Å². The van der Waals surface area contributed by atoms with Crippen LogP contribution in [0.25, 0.3) is 11.0 Å². The Morgan fingerprint density at radius 3 is 2.41 bits per heavy atom. The molecule has 0 saturated heterocycles. The number of rotatable bonds is 12. The molecule has 2 aromatic heterocycles. The van der Waals surface area contributed by atoms with Gasteiger partial charge >= 0.3 is 0 Å². The van der Waals surface area contributed by atoms with Gasteiger partial charge in [-0.3, -0.25) is 4.79 Å². The Morgan fingerprint density at radius 2 is 1.78 bits per heavy atom. The molecule has 218 valence electrons. The standard InChI is InChI=1S/C29H33N3O8S/c1-18(2)15-32(41(37,38)20-9-10-28(39-3)30-14-20)16-26(35)23(11-19-7-5-4-6-8-19)31-29(36)22-17-40-27-13-25(34)24(33)12-21(22)27/h4-10,12-14,17-18,23,26,33-35H,11,15-16H2,1-3H3,(H,31,36)/t23-,26+/m0/s1. The summed E-state index contributed by atoms with van der Waals surface area (Å²) in [5.41, 5.74) is 1.08. The molecule has 0 unspecified atom stereocenters. The number of furan rings is 1. The minimum atomic E-state index is -4.06. The largest absolute Gasteiger partial charge is 0.504 e. The van der Waals surface area contributed by atoms with Crippen molar-refractivity contribution in [3.8, 4) is 17.4 Å². The molecule has 4 aromatic rings. The molecule has 1 amide bonds. The van der Waals surface area contributed by atoms with Gasteiger partial charge in [0.15, 0.2) is 11.5 Å². The molecular weight excluding hydrogens is 550 g/mol. The van der Waals surface area contributed by atoms with E-state index in [0.29, 0.717) is 0 Å². The third-order valence-electron chi connectivity index (χ3n) is 6.51. The Bertz CT molecular complexity index is 1590. The van der Waals surface area contributed by atoms with Crippen LogP contribution in [-0.2, 0) is 16.4 Å². The van der Waals surface area contributed by atoms with E-state index in [1.165, 1.54) is 48.1 Å². The van der Waals surface area contributed by atoms with Gasteiger partial charge in [-0.25, -0.2) is 13.4 Å². The number of aliphatic hydroxyl groups is 1. The van der Waals surface area contributed by atoms with Crippen molar-refractivity contribution in [2.45, 2.75) is 37.3 Å². The highest BCUT2D eigenvalue weighted by molar-refractivity contribution is 7.89. The highest BCUT2D eigenvalue weighted by Gasteiger charge is 2.32. The predicted molar refractivity (Wildman–Crippen MR) is 151 cm³/mol. The van der Waals surface area contributed by atoms with Crippen molar-refractivity contribution in [3.05, 3.63) is 78.2 Å². The molecule has 2 atom stereocenters. The number of aromatic hydroxyl groups is 2. The van der Waals surface area contributed by atoms with Gasteiger partial charge in [0, 0.05) is 30.6 Å². The minimum Gasteiger partial charge on any atom is -0.504 e. The molecule has 4 N–H and O–H groups in total. The van der Waals surface area contributed by atoms with E-state index in [0.717, 1.165) is 5.56 Å². The molecule has 2 heterocycles. The SMILES string of the molecule is COc1ccc(S(=O)(=O)N(CC(C)C)C[C@@H](O)[C@H](Cc2ccccc2)NC(=O)c2coc3cc(O)c(O)cc23)cn1. The van der Waals surface area contributed by atoms with E-state index in [4.69, 9.17) is 9.15 Å². The van der Waals surface area contributed by atoms with Gasteiger partial charge < -0.3 is 29.8 Å². The maximum atomic E-state index is 13.6. The lowest BCUT2D eigenvalue weighted by Gasteiger charge is -2.30. The zero-order valence-electron chi connectivity index (χ0n) is 22.9. The van der Waals surface area contributed by atoms with Crippen molar-refractivity contribution in [1.29, 1.82) is 0 Å². The molecule has 0 radical (unpaired) electrons. The zero-order chi connectivity index (χ0) is 29.7. The van der Waals surface area contributed by atoms with E-state index in [2.05, 4.69) is 10.3 Å². The topological polar surface area (TPSA) is 162 Å². The number of sulfonamides is 1. The minimum absolute atomic E-state index is 0.0530. The number of benzene rings is 2. The number of hydrogen-bond acceptors (Lipinski definition) is 9. The van der Waals surface area contributed by atoms with Crippen molar-refractivity contribution in [2.24, 2.45) is 5.92 Å². The van der Waals surface area contributed by atoms with Crippen LogP contribution in [0.15, 0.2) is 76.4 Å². The quantitative estimate of drug-likeness (QED) is 0.183. The Hall–Kier alpha value is -4.13. The van der Waals surface area contributed by atoms with Crippen molar-refractivity contribution < 1.29 is 37.7 Å². The summed E-state index contributed by atoms with van der Waals surface area (Å²) in [6.07, 6.45) is 1.29. The molecule has 4 rings (SSSR count). The number of amides is 1. The summed E-state index contributed by atoms with van der Waals surface area (Å²) in [5.74, 6) is -1.22. The van der Waals surface area contributed by atoms with E-state index in [-0.39, 0.29) is 52.7 Å². The molecule has 41 heavy (non-hydrogen) atoms. The number of methoxy groups -OCH3 is 1. The molecule has 0 saturated carbocycles. The number of fused-ring (bicyclic) bond motifs is 1. The number of nitrogens with one attached hydrogen (secondary N) is 1. The van der Waals surface area contributed by atoms with Gasteiger partial charge in [0.2, 0.25) is 15.9 Å². The summed E-state index contributed by atoms with van der Waals surface area (Å²) in [5, 5.41) is 34.2. The van der Waals surface area contributed by atoms with Gasteiger partial charge in [-0.15, -0.1) is 0 Å². The van der Waals surface area contributed by atoms with Crippen LogP contribution in [0.1, 0.15) is 29.8 Å². The smallest absolute Gasteiger partial charge is 0.255 e. The van der Waals surface area contributed by atoms with Gasteiger partial charge in [0.1, 0.15) is 16.7 Å². The number of hydrogen-bond donors (Lipinski definition) is 4. The summed E-state index contributed by atoms with van der Waals surface area (Å²) in [6, 6.07) is 13.5. The summed E-state index contributed by atoms with van der Waals surface area (Å²) in [7, 11) is -2.63. The molecular formula is C29H33N3O8S. The third-order valence-corrected chi connectivity index (χ3v) is 8.33. The fourth-order valence-corrected chi connectivity index (χ4v) is 6.00. The average molecular weight is 584 g/mol. The first-order valence-electron chi connectivity index (χ1n) is 13.0. The van der Waals surface area contributed by atoms with E-state index in [1.807, 2.05) is 44.2 Å². The van der Waals surface area contributed by atoms with Crippen LogP contribution in [0, 0.1) is 5.92 Å². The fourth-order valence-electron chi connectivity index (χ4n) is 4.43. The molecule has 0 aliphatic carbocycles. The second-order valence-electron chi connectivity index (χ2n) is 10.1. The monoisotopic (exact) mass is 583 g/mol. The number of phenols is 2. The van der Waals surface area contributed by atoms with Crippen LogP contribution in [-0.4, -0.2) is 71.3 Å². The van der Waals surface area contributed by atoms with Crippen LogP contribution in [0.3, 0.4) is 0 Å². The van der Waals surface area contributed by atoms with Gasteiger partial charge in [-0.1, -0.05) is 44.2 Å². The number of ether oxygens (including phenoxy) is 1. The van der Waals surface area contributed by atoms with E-state index < -0.39 is 39.6 Å². The maximum absolute atomic E-state index is 13.6. The molecule has 2 aromatic carbocycles. The van der Waals surface area contributed by atoms with Gasteiger partial charge in [-0.2, -0.15) is 4.31 Å². The van der Waals surface area contributed by atoms with E-state index in [9.17, 15) is 28.5 Å². The number of pyridine rings is 1. The number of aliphatic hydroxyl groups excluding tert-OH is 1. The van der Waals surface area contributed by atoms with E-state index >= 15 is 0 Å². The molecule has 12 heteroatoms. The van der Waals surface area contributed by atoms with E-state index in [1.54, 1.807) is 0 Å². The first kappa shape index (κ1) is 29.8. The second-order valence-corrected chi connectivity index (χ2v) is 12.0. The molecule has 0 aliphatic heterocycles. The molecule has 0 spiro atoms. The molecule has 0 fully saturated rings. The first-order valence-corrected chi connectivity index (χ1v) is 14.4. The highest BCUT2D eigenvalue weighted by Crippen LogP contribution is 2.33. The van der Waals surface area contributed by atoms with Crippen LogP contribution in [0.2, 0.25) is 0 Å². The number of carbonyl (C=O) groups excluding carboxylic acids is 1. The maximum Gasteiger partial charge on any atom is 0.255 e. The van der Waals surface area contributed by atoms with Gasteiger partial charge in [0.05, 0.1) is 31.0 Å². The third kappa shape index (κ3) is 6.96. The van der Waals surface area contributed by atoms with Gasteiger partial charge in [-0.05, 0) is 30.0 Å².